The SMILES string of the molecule is CCOc1ccccc1CNC(=NC)NC(C)c1cccc(N2CCCC2)c1. The first-order chi connectivity index (χ1) is 13.7. The van der Waals surface area contributed by atoms with Gasteiger partial charge in [-0.25, -0.2) is 0 Å². The third-order valence-electron chi connectivity index (χ3n) is 5.14. The van der Waals surface area contributed by atoms with E-state index in [9.17, 15) is 0 Å². The zero-order chi connectivity index (χ0) is 19.8. The van der Waals surface area contributed by atoms with E-state index in [4.69, 9.17) is 4.74 Å². The molecule has 2 aromatic carbocycles. The summed E-state index contributed by atoms with van der Waals surface area (Å²) in [6, 6.07) is 17.1. The van der Waals surface area contributed by atoms with Crippen molar-refractivity contribution in [1.29, 1.82) is 0 Å². The predicted molar refractivity (Wildman–Crippen MR) is 117 cm³/mol. The Kier molecular flexibility index (Phi) is 7.18. The molecular weight excluding hydrogens is 348 g/mol. The van der Waals surface area contributed by atoms with E-state index in [0.29, 0.717) is 13.2 Å². The van der Waals surface area contributed by atoms with Crippen LogP contribution in [-0.4, -0.2) is 32.7 Å². The Bertz CT molecular complexity index is 784. The summed E-state index contributed by atoms with van der Waals surface area (Å²) in [5.41, 5.74) is 3.70. The van der Waals surface area contributed by atoms with Gasteiger partial charge in [0.15, 0.2) is 5.96 Å². The van der Waals surface area contributed by atoms with Crippen LogP contribution in [0.5, 0.6) is 5.75 Å². The van der Waals surface area contributed by atoms with Crippen LogP contribution in [0.2, 0.25) is 0 Å². The van der Waals surface area contributed by atoms with Crippen LogP contribution in [0.25, 0.3) is 0 Å². The molecule has 3 rings (SSSR count). The van der Waals surface area contributed by atoms with Crippen molar-refractivity contribution in [3.8, 4) is 5.75 Å². The van der Waals surface area contributed by atoms with Gasteiger partial charge in [-0.3, -0.25) is 4.99 Å². The third-order valence-corrected chi connectivity index (χ3v) is 5.14. The number of hydrogen-bond acceptors (Lipinski definition) is 3. The van der Waals surface area contributed by atoms with Crippen LogP contribution in [0.3, 0.4) is 0 Å². The smallest absolute Gasteiger partial charge is 0.191 e. The summed E-state index contributed by atoms with van der Waals surface area (Å²) in [5.74, 6) is 1.70. The van der Waals surface area contributed by atoms with Crippen molar-refractivity contribution in [2.75, 3.05) is 31.6 Å². The molecule has 1 saturated heterocycles. The van der Waals surface area contributed by atoms with E-state index in [1.807, 2.05) is 25.1 Å². The molecule has 0 saturated carbocycles. The standard InChI is InChI=1S/C23H32N4O/c1-4-28-22-13-6-5-10-20(22)17-25-23(24-3)26-18(2)19-11-9-12-21(16-19)27-14-7-8-15-27/h5-6,9-13,16,18H,4,7-8,14-15,17H2,1-3H3,(H2,24,25,26). The summed E-state index contributed by atoms with van der Waals surface area (Å²) < 4.78 is 5.71. The highest BCUT2D eigenvalue weighted by atomic mass is 16.5. The maximum Gasteiger partial charge on any atom is 0.191 e. The van der Waals surface area contributed by atoms with E-state index in [1.54, 1.807) is 7.05 Å². The molecule has 1 unspecified atom stereocenters. The number of para-hydroxylation sites is 1. The van der Waals surface area contributed by atoms with E-state index in [0.717, 1.165) is 30.4 Å². The number of benzene rings is 2. The van der Waals surface area contributed by atoms with Crippen molar-refractivity contribution < 1.29 is 4.74 Å². The summed E-state index contributed by atoms with van der Waals surface area (Å²) in [4.78, 5) is 6.85. The van der Waals surface area contributed by atoms with E-state index >= 15 is 0 Å². The van der Waals surface area contributed by atoms with Crippen LogP contribution < -0.4 is 20.3 Å². The highest BCUT2D eigenvalue weighted by Gasteiger charge is 2.14. The molecule has 2 N–H and O–H groups in total. The Labute approximate surface area is 168 Å². The van der Waals surface area contributed by atoms with E-state index in [1.165, 1.54) is 24.1 Å². The lowest BCUT2D eigenvalue weighted by molar-refractivity contribution is 0.336. The quantitative estimate of drug-likeness (QED) is 0.561. The first-order valence-electron chi connectivity index (χ1n) is 10.2. The van der Waals surface area contributed by atoms with Crippen molar-refractivity contribution in [3.63, 3.8) is 0 Å². The lowest BCUT2D eigenvalue weighted by atomic mass is 10.1. The van der Waals surface area contributed by atoms with Gasteiger partial charge in [0.1, 0.15) is 5.75 Å². The summed E-state index contributed by atoms with van der Waals surface area (Å²) in [7, 11) is 1.80. The molecule has 1 heterocycles. The van der Waals surface area contributed by atoms with E-state index in [2.05, 4.69) is 57.8 Å². The number of ether oxygens (including phenoxy) is 1. The second-order valence-corrected chi connectivity index (χ2v) is 7.12. The Balaban J connectivity index is 1.61. The molecule has 2 aromatic rings. The molecule has 5 heteroatoms. The molecule has 0 radical (unpaired) electrons. The monoisotopic (exact) mass is 380 g/mol. The van der Waals surface area contributed by atoms with Gasteiger partial charge in [-0.05, 0) is 50.5 Å². The molecule has 0 aromatic heterocycles. The van der Waals surface area contributed by atoms with Gasteiger partial charge in [0.05, 0.1) is 12.6 Å². The zero-order valence-corrected chi connectivity index (χ0v) is 17.2. The molecule has 28 heavy (non-hydrogen) atoms. The number of nitrogens with one attached hydrogen (secondary N) is 2. The number of guanidine groups is 1. The number of hydrogen-bond donors (Lipinski definition) is 2. The molecule has 0 spiro atoms. The fourth-order valence-corrected chi connectivity index (χ4v) is 3.57. The Morgan fingerprint density at radius 3 is 2.68 bits per heavy atom. The number of nitrogens with zero attached hydrogens (tertiary/aromatic N) is 2. The topological polar surface area (TPSA) is 48.9 Å². The maximum atomic E-state index is 5.71. The second-order valence-electron chi connectivity index (χ2n) is 7.12. The van der Waals surface area contributed by atoms with Gasteiger partial charge < -0.3 is 20.3 Å². The minimum atomic E-state index is 0.163. The van der Waals surface area contributed by atoms with Crippen molar-refractivity contribution in [3.05, 3.63) is 59.7 Å². The molecule has 5 nitrogen and oxygen atoms in total. The Hall–Kier alpha value is -2.69. The molecule has 1 atom stereocenters. The molecule has 1 aliphatic rings. The largest absolute Gasteiger partial charge is 0.494 e. The normalized spacial score (nSPS) is 15.4. The lowest BCUT2D eigenvalue weighted by Crippen LogP contribution is -2.38. The predicted octanol–water partition coefficient (Wildman–Crippen LogP) is 4.11. The summed E-state index contributed by atoms with van der Waals surface area (Å²) in [5, 5.41) is 6.91. The summed E-state index contributed by atoms with van der Waals surface area (Å²) in [6.45, 7) is 7.82. The van der Waals surface area contributed by atoms with Crippen LogP contribution in [-0.2, 0) is 6.54 Å². The Morgan fingerprint density at radius 1 is 1.14 bits per heavy atom. The molecule has 0 amide bonds. The zero-order valence-electron chi connectivity index (χ0n) is 17.2. The average molecular weight is 381 g/mol. The number of anilines is 1. The van der Waals surface area contributed by atoms with Crippen LogP contribution in [0, 0.1) is 0 Å². The summed E-state index contributed by atoms with van der Waals surface area (Å²) >= 11 is 0. The van der Waals surface area contributed by atoms with Crippen LogP contribution in [0.1, 0.15) is 43.9 Å². The average Bonchev–Trinajstić information content (AvgIpc) is 3.27. The van der Waals surface area contributed by atoms with Gasteiger partial charge in [-0.2, -0.15) is 0 Å². The molecule has 1 fully saturated rings. The van der Waals surface area contributed by atoms with E-state index < -0.39 is 0 Å². The minimum absolute atomic E-state index is 0.163. The number of rotatable bonds is 7. The highest BCUT2D eigenvalue weighted by molar-refractivity contribution is 5.80. The van der Waals surface area contributed by atoms with Gasteiger partial charge in [0, 0.05) is 37.9 Å². The van der Waals surface area contributed by atoms with Crippen molar-refractivity contribution >= 4 is 11.6 Å². The lowest BCUT2D eigenvalue weighted by Gasteiger charge is -2.22. The second kappa shape index (κ2) is 10.0. The third kappa shape index (κ3) is 5.18. The first-order valence-corrected chi connectivity index (χ1v) is 10.2. The van der Waals surface area contributed by atoms with Crippen molar-refractivity contribution in [2.45, 2.75) is 39.3 Å². The van der Waals surface area contributed by atoms with Gasteiger partial charge in [0.25, 0.3) is 0 Å². The Morgan fingerprint density at radius 2 is 1.93 bits per heavy atom. The number of aliphatic imine (C=N–C) groups is 1. The maximum absolute atomic E-state index is 5.71. The molecule has 0 aliphatic carbocycles. The molecule has 1 aliphatic heterocycles. The van der Waals surface area contributed by atoms with Crippen LogP contribution in [0.4, 0.5) is 5.69 Å². The van der Waals surface area contributed by atoms with Crippen LogP contribution >= 0.6 is 0 Å². The van der Waals surface area contributed by atoms with Gasteiger partial charge in [0.2, 0.25) is 0 Å². The van der Waals surface area contributed by atoms with Gasteiger partial charge in [-0.1, -0.05) is 30.3 Å². The minimum Gasteiger partial charge on any atom is -0.494 e. The fraction of sp³-hybridized carbons (Fsp3) is 0.435. The molecule has 150 valence electrons. The molecular formula is C23H32N4O. The van der Waals surface area contributed by atoms with Crippen LogP contribution in [0.15, 0.2) is 53.5 Å². The van der Waals surface area contributed by atoms with Crippen molar-refractivity contribution in [2.24, 2.45) is 4.99 Å². The fourth-order valence-electron chi connectivity index (χ4n) is 3.57. The van der Waals surface area contributed by atoms with Crippen molar-refractivity contribution in [1.82, 2.24) is 10.6 Å². The summed E-state index contributed by atoms with van der Waals surface area (Å²) in [6.07, 6.45) is 2.58. The van der Waals surface area contributed by atoms with Gasteiger partial charge in [-0.15, -0.1) is 0 Å². The highest BCUT2D eigenvalue weighted by Crippen LogP contribution is 2.24. The van der Waals surface area contributed by atoms with E-state index in [-0.39, 0.29) is 6.04 Å². The molecule has 0 bridgehead atoms. The van der Waals surface area contributed by atoms with Gasteiger partial charge >= 0.3 is 0 Å². The first kappa shape index (κ1) is 20.1.